The Bertz CT molecular complexity index is 1070. The number of benzene rings is 2. The van der Waals surface area contributed by atoms with Crippen LogP contribution in [0.3, 0.4) is 0 Å². The third-order valence-corrected chi connectivity index (χ3v) is 4.26. The zero-order valence-corrected chi connectivity index (χ0v) is 14.8. The molecule has 0 radical (unpaired) electrons. The lowest BCUT2D eigenvalue weighted by Gasteiger charge is -2.11. The van der Waals surface area contributed by atoms with Crippen LogP contribution >= 0.6 is 11.6 Å². The average molecular weight is 371 g/mol. The molecule has 132 valence electrons. The fourth-order valence-electron chi connectivity index (χ4n) is 2.69. The van der Waals surface area contributed by atoms with Crippen LogP contribution in [0.1, 0.15) is 20.7 Å². The van der Waals surface area contributed by atoms with E-state index in [-0.39, 0.29) is 5.56 Å². The van der Waals surface area contributed by atoms with Gasteiger partial charge in [-0.25, -0.2) is 4.79 Å². The second kappa shape index (κ2) is 7.01. The van der Waals surface area contributed by atoms with Crippen LogP contribution in [0, 0.1) is 0 Å². The maximum atomic E-state index is 12.7. The van der Waals surface area contributed by atoms with Crippen molar-refractivity contribution in [1.29, 1.82) is 0 Å². The summed E-state index contributed by atoms with van der Waals surface area (Å²) in [6.45, 7) is 0. The van der Waals surface area contributed by atoms with E-state index in [4.69, 9.17) is 11.6 Å². The molecule has 1 N–H and O–H groups in total. The zero-order valence-electron chi connectivity index (χ0n) is 14.1. The number of carbonyl (C=O) groups is 2. The Morgan fingerprint density at radius 2 is 1.81 bits per heavy atom. The van der Waals surface area contributed by atoms with E-state index in [2.05, 4.69) is 10.1 Å². The molecule has 1 aromatic heterocycles. The van der Waals surface area contributed by atoms with Crippen molar-refractivity contribution in [2.75, 3.05) is 12.4 Å². The largest absolute Gasteiger partial charge is 0.465 e. The SMILES string of the molecule is COC(=O)c1ccc(NC(=O)c2cn(C)c3c(Cl)cccc3c2=O)cc1. The number of fused-ring (bicyclic) bond motifs is 1. The summed E-state index contributed by atoms with van der Waals surface area (Å²) < 4.78 is 6.27. The number of amides is 1. The number of esters is 1. The Morgan fingerprint density at radius 3 is 2.46 bits per heavy atom. The van der Waals surface area contributed by atoms with E-state index < -0.39 is 17.3 Å². The molecule has 0 saturated carbocycles. The van der Waals surface area contributed by atoms with Gasteiger partial charge in [0, 0.05) is 24.3 Å². The summed E-state index contributed by atoms with van der Waals surface area (Å²) in [7, 11) is 3.01. The Kier molecular flexibility index (Phi) is 4.77. The van der Waals surface area contributed by atoms with E-state index in [9.17, 15) is 14.4 Å². The molecule has 0 aliphatic rings. The van der Waals surface area contributed by atoms with Crippen molar-refractivity contribution in [3.05, 3.63) is 75.0 Å². The number of rotatable bonds is 3. The number of aryl methyl sites for hydroxylation is 1. The van der Waals surface area contributed by atoms with E-state index in [0.29, 0.717) is 27.2 Å². The number of halogens is 1. The molecule has 26 heavy (non-hydrogen) atoms. The first kappa shape index (κ1) is 17.7. The van der Waals surface area contributed by atoms with Gasteiger partial charge >= 0.3 is 5.97 Å². The van der Waals surface area contributed by atoms with Gasteiger partial charge in [-0.1, -0.05) is 17.7 Å². The highest BCUT2D eigenvalue weighted by atomic mass is 35.5. The van der Waals surface area contributed by atoms with Gasteiger partial charge in [-0.05, 0) is 36.4 Å². The Hall–Kier alpha value is -3.12. The molecule has 0 aliphatic carbocycles. The van der Waals surface area contributed by atoms with Crippen LogP contribution in [-0.2, 0) is 11.8 Å². The first-order valence-corrected chi connectivity index (χ1v) is 8.07. The number of aromatic nitrogens is 1. The molecule has 1 heterocycles. The van der Waals surface area contributed by atoms with Crippen LogP contribution in [-0.4, -0.2) is 23.6 Å². The summed E-state index contributed by atoms with van der Waals surface area (Å²) in [4.78, 5) is 36.6. The van der Waals surface area contributed by atoms with Gasteiger partial charge < -0.3 is 14.6 Å². The highest BCUT2D eigenvalue weighted by Crippen LogP contribution is 2.21. The minimum atomic E-state index is -0.543. The van der Waals surface area contributed by atoms with Gasteiger partial charge in [0.05, 0.1) is 23.2 Å². The summed E-state index contributed by atoms with van der Waals surface area (Å²) in [6.07, 6.45) is 1.45. The lowest BCUT2D eigenvalue weighted by atomic mass is 10.1. The normalized spacial score (nSPS) is 10.6. The maximum absolute atomic E-state index is 12.7. The van der Waals surface area contributed by atoms with Gasteiger partial charge in [0.15, 0.2) is 0 Å². The van der Waals surface area contributed by atoms with E-state index in [1.165, 1.54) is 25.4 Å². The molecule has 1 amide bonds. The van der Waals surface area contributed by atoms with Gasteiger partial charge in [0.1, 0.15) is 5.56 Å². The molecular weight excluding hydrogens is 356 g/mol. The molecule has 0 bridgehead atoms. The summed E-state index contributed by atoms with van der Waals surface area (Å²) in [6, 6.07) is 11.2. The molecule has 3 rings (SSSR count). The van der Waals surface area contributed by atoms with Gasteiger partial charge in [-0.15, -0.1) is 0 Å². The van der Waals surface area contributed by atoms with Crippen LogP contribution < -0.4 is 10.7 Å². The molecule has 6 nitrogen and oxygen atoms in total. The molecule has 0 saturated heterocycles. The number of para-hydroxylation sites is 1. The molecule has 0 atom stereocenters. The number of pyridine rings is 1. The predicted octanol–water partition coefficient (Wildman–Crippen LogP) is 3.23. The van der Waals surface area contributed by atoms with E-state index in [1.54, 1.807) is 41.9 Å². The zero-order chi connectivity index (χ0) is 18.8. The Labute approximate surface area is 154 Å². The van der Waals surface area contributed by atoms with E-state index >= 15 is 0 Å². The smallest absolute Gasteiger partial charge is 0.337 e. The summed E-state index contributed by atoms with van der Waals surface area (Å²) in [5.41, 5.74) is 0.986. The third-order valence-electron chi connectivity index (χ3n) is 3.96. The van der Waals surface area contributed by atoms with Crippen LogP contribution in [0.5, 0.6) is 0 Å². The number of hydrogen-bond donors (Lipinski definition) is 1. The summed E-state index contributed by atoms with van der Waals surface area (Å²) in [5, 5.41) is 3.46. The van der Waals surface area contributed by atoms with E-state index in [0.717, 1.165) is 0 Å². The highest BCUT2D eigenvalue weighted by molar-refractivity contribution is 6.35. The third kappa shape index (κ3) is 3.19. The quantitative estimate of drug-likeness (QED) is 0.718. The maximum Gasteiger partial charge on any atom is 0.337 e. The van der Waals surface area contributed by atoms with Crippen molar-refractivity contribution in [2.45, 2.75) is 0 Å². The molecule has 0 spiro atoms. The molecule has 3 aromatic rings. The highest BCUT2D eigenvalue weighted by Gasteiger charge is 2.16. The van der Waals surface area contributed by atoms with Crippen molar-refractivity contribution < 1.29 is 14.3 Å². The van der Waals surface area contributed by atoms with E-state index in [1.807, 2.05) is 0 Å². The second-order valence-corrected chi connectivity index (χ2v) is 6.05. The van der Waals surface area contributed by atoms with Crippen LogP contribution in [0.2, 0.25) is 5.02 Å². The second-order valence-electron chi connectivity index (χ2n) is 5.64. The number of nitrogens with zero attached hydrogens (tertiary/aromatic N) is 1. The first-order chi connectivity index (χ1) is 12.4. The summed E-state index contributed by atoms with van der Waals surface area (Å²) in [5.74, 6) is -1.01. The molecule has 0 unspecified atom stereocenters. The van der Waals surface area contributed by atoms with Crippen LogP contribution in [0.25, 0.3) is 10.9 Å². The number of carbonyl (C=O) groups excluding carboxylic acids is 2. The van der Waals surface area contributed by atoms with Crippen molar-refractivity contribution in [1.82, 2.24) is 4.57 Å². The Morgan fingerprint density at radius 1 is 1.12 bits per heavy atom. The monoisotopic (exact) mass is 370 g/mol. The van der Waals surface area contributed by atoms with Gasteiger partial charge in [-0.2, -0.15) is 0 Å². The molecular formula is C19H15ClN2O4. The van der Waals surface area contributed by atoms with Crippen LogP contribution in [0.4, 0.5) is 5.69 Å². The number of methoxy groups -OCH3 is 1. The van der Waals surface area contributed by atoms with Gasteiger partial charge in [0.2, 0.25) is 5.43 Å². The summed E-state index contributed by atoms with van der Waals surface area (Å²) >= 11 is 6.15. The standard InChI is InChI=1S/C19H15ClN2O4/c1-22-10-14(17(23)13-4-3-5-15(20)16(13)22)18(24)21-12-8-6-11(7-9-12)19(25)26-2/h3-10H,1-2H3,(H,21,24). The fraction of sp³-hybridized carbons (Fsp3) is 0.105. The first-order valence-electron chi connectivity index (χ1n) is 7.70. The number of ether oxygens (including phenoxy) is 1. The molecule has 7 heteroatoms. The van der Waals surface area contributed by atoms with Crippen molar-refractivity contribution in [3.63, 3.8) is 0 Å². The van der Waals surface area contributed by atoms with Crippen LogP contribution in [0.15, 0.2) is 53.5 Å². The molecule has 0 fully saturated rings. The minimum Gasteiger partial charge on any atom is -0.465 e. The average Bonchev–Trinajstić information content (AvgIpc) is 2.64. The lowest BCUT2D eigenvalue weighted by molar-refractivity contribution is 0.0600. The minimum absolute atomic E-state index is 0.000638. The molecule has 2 aromatic carbocycles. The Balaban J connectivity index is 1.95. The topological polar surface area (TPSA) is 77.4 Å². The lowest BCUT2D eigenvalue weighted by Crippen LogP contribution is -2.23. The number of hydrogen-bond acceptors (Lipinski definition) is 4. The number of nitrogens with one attached hydrogen (secondary N) is 1. The van der Waals surface area contributed by atoms with Crippen molar-refractivity contribution in [3.8, 4) is 0 Å². The van der Waals surface area contributed by atoms with Crippen molar-refractivity contribution in [2.24, 2.45) is 7.05 Å². The molecule has 0 aliphatic heterocycles. The van der Waals surface area contributed by atoms with Crippen molar-refractivity contribution >= 4 is 40.1 Å². The van der Waals surface area contributed by atoms with Gasteiger partial charge in [0.25, 0.3) is 5.91 Å². The predicted molar refractivity (Wildman–Crippen MR) is 99.9 cm³/mol. The number of anilines is 1. The van der Waals surface area contributed by atoms with Gasteiger partial charge in [-0.3, -0.25) is 9.59 Å². The fourth-order valence-corrected chi connectivity index (χ4v) is 2.99.